The third-order valence-corrected chi connectivity index (χ3v) is 15.7. The molecule has 0 spiro atoms. The maximum Gasteiger partial charge on any atom is 0.402 e. The van der Waals surface area contributed by atoms with E-state index in [1.54, 1.807) is 18.2 Å². The third kappa shape index (κ3) is 9.67. The normalized spacial score (nSPS) is 15.7. The number of hydrogen-bond donors (Lipinski definition) is 1. The fraction of sp³-hybridized carbons (Fsp3) is 0.212. The van der Waals surface area contributed by atoms with Gasteiger partial charge in [0.2, 0.25) is 0 Å². The molecule has 2 aliphatic heterocycles. The van der Waals surface area contributed by atoms with Gasteiger partial charge in [-0.25, -0.2) is 4.90 Å². The van der Waals surface area contributed by atoms with Crippen molar-refractivity contribution < 1.29 is 54.8 Å². The summed E-state index contributed by atoms with van der Waals surface area (Å²) in [6.07, 6.45) is -5.03. The van der Waals surface area contributed by atoms with Crippen LogP contribution in [0.25, 0.3) is 33.4 Å². The summed E-state index contributed by atoms with van der Waals surface area (Å²) in [5, 5.41) is 0. The lowest BCUT2D eigenvalue weighted by Gasteiger charge is -2.33. The highest BCUT2D eigenvalue weighted by Crippen LogP contribution is 2.51. The Morgan fingerprint density at radius 3 is 1.31 bits per heavy atom. The molecule has 412 valence electrons. The van der Waals surface area contributed by atoms with Gasteiger partial charge < -0.3 is 9.47 Å². The van der Waals surface area contributed by atoms with E-state index in [1.165, 1.54) is 53.6 Å². The van der Waals surface area contributed by atoms with Crippen LogP contribution in [0.4, 0.5) is 18.9 Å². The van der Waals surface area contributed by atoms with Gasteiger partial charge in [0, 0.05) is 18.9 Å². The van der Waals surface area contributed by atoms with E-state index in [-0.39, 0.29) is 62.8 Å². The van der Waals surface area contributed by atoms with Crippen LogP contribution in [0.5, 0.6) is 11.5 Å². The Morgan fingerprint density at radius 2 is 0.864 bits per heavy atom. The number of rotatable bonds is 10. The van der Waals surface area contributed by atoms with Crippen LogP contribution in [-0.4, -0.2) is 73.2 Å². The van der Waals surface area contributed by atoms with Crippen molar-refractivity contribution in [3.8, 4) is 44.9 Å². The molecule has 0 aromatic heterocycles. The Morgan fingerprint density at radius 1 is 0.506 bits per heavy atom. The highest BCUT2D eigenvalue weighted by molar-refractivity contribution is 7.85. The lowest BCUT2D eigenvalue weighted by Crippen LogP contribution is -2.41. The Bertz CT molecular complexity index is 3910. The van der Waals surface area contributed by atoms with E-state index in [2.05, 4.69) is 79.7 Å². The zero-order valence-corrected chi connectivity index (χ0v) is 46.4. The molecule has 4 amide bonds. The van der Waals surface area contributed by atoms with Gasteiger partial charge in [-0.05, 0) is 142 Å². The number of anilines is 1. The molecule has 81 heavy (non-hydrogen) atoms. The molecule has 2 heterocycles. The minimum atomic E-state index is -4.95. The second-order valence-corrected chi connectivity index (χ2v) is 22.1. The van der Waals surface area contributed by atoms with Crippen LogP contribution in [0.2, 0.25) is 0 Å². The molecular weight excluding hydrogens is 1050 g/mol. The van der Waals surface area contributed by atoms with Crippen molar-refractivity contribution in [2.45, 2.75) is 77.2 Å². The van der Waals surface area contributed by atoms with E-state index in [0.29, 0.717) is 17.6 Å². The largest absolute Gasteiger partial charge is 0.489 e. The smallest absolute Gasteiger partial charge is 0.402 e. The van der Waals surface area contributed by atoms with Crippen molar-refractivity contribution in [3.63, 3.8) is 0 Å². The maximum atomic E-state index is 15.5. The molecule has 0 bridgehead atoms. The Hall–Kier alpha value is -8.66. The predicted molar refractivity (Wildman–Crippen MR) is 306 cm³/mol. The number of aryl methyl sites for hydroxylation is 1. The summed E-state index contributed by atoms with van der Waals surface area (Å²) in [7, 11) is -2.40. The van der Waals surface area contributed by atoms with Crippen molar-refractivity contribution in [1.82, 2.24) is 4.90 Å². The fourth-order valence-electron chi connectivity index (χ4n) is 11.8. The molecule has 15 heteroatoms. The first-order chi connectivity index (χ1) is 38.5. The summed E-state index contributed by atoms with van der Waals surface area (Å²) >= 11 is 0. The van der Waals surface area contributed by atoms with Crippen LogP contribution in [-0.2, 0) is 15.5 Å². The average Bonchev–Trinajstić information content (AvgIpc) is 3.43. The number of carbonyl (C=O) groups excluding carboxylic acids is 4. The molecular formula is C66H57F3N2O9S. The van der Waals surface area contributed by atoms with E-state index in [4.69, 9.17) is 14.0 Å². The van der Waals surface area contributed by atoms with E-state index in [0.717, 1.165) is 62.2 Å². The van der Waals surface area contributed by atoms with Crippen molar-refractivity contribution in [3.05, 3.63) is 231 Å². The lowest BCUT2D eigenvalue weighted by molar-refractivity contribution is -0.173. The van der Waals surface area contributed by atoms with E-state index >= 15 is 13.2 Å². The standard InChI is InChI=1S/C63H47F3N2O6.C2H6.CH4O3S/c1-34-22-23-37(30-54(34)73-35(2)56-45-18-10-6-14-41(45)42-15-7-11-19-46(42)56)38-24-29-53(55(31-38)74-36(3)57-47-20-12-8-16-43(47)44-17-9-13-21-48(44)57)68-60(71)50-28-26-40(33-52(50)61(68)72)62(4,63(64,65)66)39-25-27-49-51(32-39)59(70)67(5)58(49)69;1-2;1-5(2,3)4/h6-33,35-36,56-57H,1-5H3;1-2H3;1H3,(H,2,3,4). The van der Waals surface area contributed by atoms with Crippen LogP contribution >= 0.6 is 0 Å². The molecule has 0 saturated carbocycles. The molecule has 0 radical (unpaired) electrons. The predicted octanol–water partition coefficient (Wildman–Crippen LogP) is 14.2. The average molecular weight is 1110 g/mol. The van der Waals surface area contributed by atoms with Gasteiger partial charge in [0.15, 0.2) is 0 Å². The van der Waals surface area contributed by atoms with Crippen LogP contribution in [0.1, 0.15) is 127 Å². The second kappa shape index (κ2) is 21.1. The van der Waals surface area contributed by atoms with Crippen molar-refractivity contribution in [2.75, 3.05) is 18.2 Å². The maximum absolute atomic E-state index is 15.5. The van der Waals surface area contributed by atoms with Gasteiger partial charge in [-0.15, -0.1) is 0 Å². The van der Waals surface area contributed by atoms with Crippen molar-refractivity contribution in [2.24, 2.45) is 0 Å². The Labute approximate surface area is 468 Å². The Kier molecular flexibility index (Phi) is 14.5. The molecule has 8 aromatic rings. The van der Waals surface area contributed by atoms with Crippen LogP contribution in [0.3, 0.4) is 0 Å². The summed E-state index contributed by atoms with van der Waals surface area (Å²) in [6, 6.07) is 51.3. The summed E-state index contributed by atoms with van der Waals surface area (Å²) in [4.78, 5) is 56.9. The van der Waals surface area contributed by atoms with Gasteiger partial charge in [-0.1, -0.05) is 141 Å². The highest BCUT2D eigenvalue weighted by Gasteiger charge is 2.55. The second-order valence-electron chi connectivity index (χ2n) is 20.6. The van der Waals surface area contributed by atoms with Gasteiger partial charge in [-0.3, -0.25) is 28.6 Å². The minimum Gasteiger partial charge on any atom is -0.489 e. The van der Waals surface area contributed by atoms with Gasteiger partial charge >= 0.3 is 6.18 Å². The minimum absolute atomic E-state index is 0.00102. The fourth-order valence-corrected chi connectivity index (χ4v) is 11.8. The van der Waals surface area contributed by atoms with Gasteiger partial charge in [-0.2, -0.15) is 21.6 Å². The number of nitrogens with zero attached hydrogens (tertiary/aromatic N) is 2. The van der Waals surface area contributed by atoms with Gasteiger partial charge in [0.25, 0.3) is 33.7 Å². The number of fused-ring (bicyclic) bond motifs is 8. The first kappa shape index (κ1) is 55.6. The van der Waals surface area contributed by atoms with Crippen molar-refractivity contribution >= 4 is 39.4 Å². The molecule has 4 aliphatic rings. The summed E-state index contributed by atoms with van der Waals surface area (Å²) in [6.45, 7) is 11.0. The number of amides is 4. The summed E-state index contributed by atoms with van der Waals surface area (Å²) < 4.78 is 86.4. The number of hydrogen-bond acceptors (Lipinski definition) is 8. The molecule has 11 nitrogen and oxygen atoms in total. The lowest BCUT2D eigenvalue weighted by atomic mass is 9.74. The van der Waals surface area contributed by atoms with Crippen LogP contribution in [0.15, 0.2) is 170 Å². The third-order valence-electron chi connectivity index (χ3n) is 15.7. The number of carbonyl (C=O) groups is 4. The van der Waals surface area contributed by atoms with E-state index < -0.39 is 51.4 Å². The number of benzene rings is 8. The molecule has 2 aliphatic carbocycles. The summed E-state index contributed by atoms with van der Waals surface area (Å²) in [5.41, 5.74) is 7.77. The number of halogens is 3. The molecule has 0 saturated heterocycles. The highest BCUT2D eigenvalue weighted by atomic mass is 32.2. The van der Waals surface area contributed by atoms with Crippen LogP contribution < -0.4 is 14.4 Å². The number of alkyl halides is 3. The van der Waals surface area contributed by atoms with Gasteiger partial charge in [0.05, 0.1) is 34.2 Å². The number of imide groups is 2. The first-order valence-corrected chi connectivity index (χ1v) is 28.3. The first-order valence-electron chi connectivity index (χ1n) is 26.5. The van der Waals surface area contributed by atoms with Crippen LogP contribution in [0, 0.1) is 6.92 Å². The van der Waals surface area contributed by atoms with E-state index in [1.807, 2.05) is 70.2 Å². The zero-order valence-electron chi connectivity index (χ0n) is 45.6. The molecule has 3 unspecified atom stereocenters. The topological polar surface area (TPSA) is 148 Å². The molecule has 8 aromatic carbocycles. The molecule has 12 rings (SSSR count). The molecule has 3 atom stereocenters. The molecule has 0 fully saturated rings. The van der Waals surface area contributed by atoms with Gasteiger partial charge in [0.1, 0.15) is 29.1 Å². The van der Waals surface area contributed by atoms with Crippen molar-refractivity contribution in [1.29, 1.82) is 0 Å². The molecule has 1 N–H and O–H groups in total. The Balaban J connectivity index is 0.000000999. The van der Waals surface area contributed by atoms with E-state index in [9.17, 15) is 27.6 Å². The quantitative estimate of drug-likeness (QED) is 0.104. The SMILES string of the molecule is CC.CS(=O)(=O)O.Cc1ccc(-c2ccc(N3C(=O)c4ccc(C(C)(c5ccc6c(c5)C(=O)N(C)C6=O)C(F)(F)F)cc4C3=O)c(OC(C)C3c4ccccc4-c4ccccc43)c2)cc1OC(C)C1c2ccccc2-c2ccccc21. The monoisotopic (exact) mass is 1110 g/mol. The summed E-state index contributed by atoms with van der Waals surface area (Å²) in [5.74, 6) is -2.23. The zero-order chi connectivity index (χ0) is 58.0. The number of ether oxygens (including phenoxy) is 2.